The number of morpholine rings is 1. The Bertz CT molecular complexity index is 1160. The van der Waals surface area contributed by atoms with Crippen molar-refractivity contribution in [2.75, 3.05) is 26.3 Å². The molecule has 0 spiro atoms. The van der Waals surface area contributed by atoms with Crippen molar-refractivity contribution in [3.63, 3.8) is 0 Å². The summed E-state index contributed by atoms with van der Waals surface area (Å²) < 4.78 is 7.95. The first-order chi connectivity index (χ1) is 14.4. The van der Waals surface area contributed by atoms with E-state index >= 15 is 0 Å². The van der Waals surface area contributed by atoms with E-state index < -0.39 is 0 Å². The number of carbonyl (C=O) groups is 1. The van der Waals surface area contributed by atoms with Gasteiger partial charge in [-0.1, -0.05) is 23.9 Å². The molecule has 0 bridgehead atoms. The number of hydrogen-bond acceptors (Lipinski definition) is 5. The van der Waals surface area contributed by atoms with Crippen molar-refractivity contribution in [2.24, 2.45) is 0 Å². The molecule has 2 aromatic carbocycles. The van der Waals surface area contributed by atoms with Crippen LogP contribution in [0, 0.1) is 10.5 Å². The second-order valence-corrected chi connectivity index (χ2v) is 9.79. The zero-order valence-electron chi connectivity index (χ0n) is 16.8. The molecule has 1 atom stereocenters. The number of aryl methyl sites for hydroxylation is 1. The predicted molar refractivity (Wildman–Crippen MR) is 128 cm³/mol. The van der Waals surface area contributed by atoms with E-state index in [1.54, 1.807) is 4.57 Å². The Labute approximate surface area is 192 Å². The number of benzene rings is 2. The molecular formula is C22H22IN3O3S. The third-order valence-electron chi connectivity index (χ3n) is 5.01. The van der Waals surface area contributed by atoms with Crippen molar-refractivity contribution >= 4 is 51.2 Å². The van der Waals surface area contributed by atoms with Gasteiger partial charge < -0.3 is 9.64 Å². The molecule has 2 heterocycles. The molecule has 0 saturated carbocycles. The van der Waals surface area contributed by atoms with Crippen molar-refractivity contribution in [1.82, 2.24) is 14.5 Å². The van der Waals surface area contributed by atoms with E-state index in [2.05, 4.69) is 22.6 Å². The van der Waals surface area contributed by atoms with Gasteiger partial charge in [-0.05, 0) is 72.3 Å². The first kappa shape index (κ1) is 21.3. The minimum absolute atomic E-state index is 0.0380. The second-order valence-electron chi connectivity index (χ2n) is 7.23. The summed E-state index contributed by atoms with van der Waals surface area (Å²) >= 11 is 3.52. The molecule has 1 aliphatic heterocycles. The molecular weight excluding hydrogens is 513 g/mol. The van der Waals surface area contributed by atoms with Crippen LogP contribution in [0.4, 0.5) is 0 Å². The van der Waals surface area contributed by atoms with Gasteiger partial charge in [-0.3, -0.25) is 14.2 Å². The molecule has 1 aliphatic rings. The Morgan fingerprint density at radius 3 is 2.70 bits per heavy atom. The van der Waals surface area contributed by atoms with Crippen LogP contribution in [0.5, 0.6) is 0 Å². The Morgan fingerprint density at radius 1 is 1.20 bits per heavy atom. The van der Waals surface area contributed by atoms with Crippen LogP contribution >= 0.6 is 34.4 Å². The first-order valence-electron chi connectivity index (χ1n) is 9.76. The Balaban J connectivity index is 1.79. The van der Waals surface area contributed by atoms with Gasteiger partial charge in [0.15, 0.2) is 5.16 Å². The van der Waals surface area contributed by atoms with Gasteiger partial charge in [0, 0.05) is 16.7 Å². The smallest absolute Gasteiger partial charge is 0.266 e. The van der Waals surface area contributed by atoms with Crippen LogP contribution in [0.1, 0.15) is 12.5 Å². The molecule has 1 aromatic heterocycles. The zero-order chi connectivity index (χ0) is 21.3. The molecule has 1 fully saturated rings. The minimum atomic E-state index is -0.368. The number of rotatable bonds is 4. The molecule has 0 radical (unpaired) electrons. The van der Waals surface area contributed by atoms with Gasteiger partial charge in [-0.15, -0.1) is 0 Å². The molecule has 0 aliphatic carbocycles. The topological polar surface area (TPSA) is 64.4 Å². The predicted octanol–water partition coefficient (Wildman–Crippen LogP) is 3.64. The molecule has 8 heteroatoms. The van der Waals surface area contributed by atoms with Crippen LogP contribution in [0.2, 0.25) is 0 Å². The molecule has 3 aromatic rings. The van der Waals surface area contributed by atoms with Crippen molar-refractivity contribution in [2.45, 2.75) is 24.3 Å². The number of aromatic nitrogens is 2. The highest BCUT2D eigenvalue weighted by Gasteiger charge is 2.25. The van der Waals surface area contributed by atoms with Crippen LogP contribution in [0.3, 0.4) is 0 Å². The third kappa shape index (κ3) is 4.40. The van der Waals surface area contributed by atoms with Crippen LogP contribution in [-0.2, 0) is 9.53 Å². The lowest BCUT2D eigenvalue weighted by Crippen LogP contribution is -2.44. The van der Waals surface area contributed by atoms with Gasteiger partial charge in [0.1, 0.15) is 0 Å². The lowest BCUT2D eigenvalue weighted by molar-refractivity contribution is -0.134. The SMILES string of the molecule is Cc1cccc(-n2c(S[C@@H](C)C(=O)N3CCOCC3)nc3ccc(I)cc3c2=O)c1. The highest BCUT2D eigenvalue weighted by Crippen LogP contribution is 2.27. The molecule has 4 rings (SSSR count). The van der Waals surface area contributed by atoms with E-state index in [0.29, 0.717) is 42.4 Å². The zero-order valence-corrected chi connectivity index (χ0v) is 19.8. The maximum absolute atomic E-state index is 13.5. The lowest BCUT2D eigenvalue weighted by Gasteiger charge is -2.29. The van der Waals surface area contributed by atoms with E-state index in [4.69, 9.17) is 9.72 Å². The van der Waals surface area contributed by atoms with Gasteiger partial charge in [0.2, 0.25) is 5.91 Å². The van der Waals surface area contributed by atoms with Gasteiger partial charge in [0.05, 0.1) is 35.1 Å². The summed E-state index contributed by atoms with van der Waals surface area (Å²) in [6, 6.07) is 13.4. The van der Waals surface area contributed by atoms with Crippen LogP contribution < -0.4 is 5.56 Å². The average Bonchev–Trinajstić information content (AvgIpc) is 2.74. The highest BCUT2D eigenvalue weighted by molar-refractivity contribution is 14.1. The van der Waals surface area contributed by atoms with E-state index in [-0.39, 0.29) is 16.7 Å². The van der Waals surface area contributed by atoms with Gasteiger partial charge >= 0.3 is 0 Å². The molecule has 0 N–H and O–H groups in total. The Hall–Kier alpha value is -1.91. The average molecular weight is 535 g/mol. The Morgan fingerprint density at radius 2 is 1.97 bits per heavy atom. The number of carbonyl (C=O) groups excluding carboxylic acids is 1. The summed E-state index contributed by atoms with van der Waals surface area (Å²) in [5.41, 5.74) is 2.31. The van der Waals surface area contributed by atoms with Crippen LogP contribution in [0.25, 0.3) is 16.6 Å². The number of ether oxygens (including phenoxy) is 1. The second kappa shape index (κ2) is 9.07. The third-order valence-corrected chi connectivity index (χ3v) is 6.72. The van der Waals surface area contributed by atoms with Crippen LogP contribution in [0.15, 0.2) is 52.4 Å². The summed E-state index contributed by atoms with van der Waals surface area (Å²) in [5, 5.41) is 0.723. The van der Waals surface area contributed by atoms with Gasteiger partial charge in [-0.25, -0.2) is 4.98 Å². The monoisotopic (exact) mass is 535 g/mol. The minimum Gasteiger partial charge on any atom is -0.378 e. The fraction of sp³-hybridized carbons (Fsp3) is 0.318. The fourth-order valence-corrected chi connectivity index (χ4v) is 4.96. The maximum atomic E-state index is 13.5. The number of thioether (sulfide) groups is 1. The number of amides is 1. The van der Waals surface area contributed by atoms with Crippen molar-refractivity contribution < 1.29 is 9.53 Å². The van der Waals surface area contributed by atoms with Crippen molar-refractivity contribution in [3.05, 3.63) is 62.0 Å². The fourth-order valence-electron chi connectivity index (χ4n) is 3.46. The Kier molecular flexibility index (Phi) is 6.45. The molecule has 0 unspecified atom stereocenters. The largest absolute Gasteiger partial charge is 0.378 e. The molecule has 1 amide bonds. The first-order valence-corrected chi connectivity index (χ1v) is 11.7. The lowest BCUT2D eigenvalue weighted by atomic mass is 10.2. The number of halogens is 1. The van der Waals surface area contributed by atoms with Gasteiger partial charge in [-0.2, -0.15) is 0 Å². The summed E-state index contributed by atoms with van der Waals surface area (Å²) in [4.78, 5) is 33.0. The van der Waals surface area contributed by atoms with E-state index in [9.17, 15) is 9.59 Å². The molecule has 6 nitrogen and oxygen atoms in total. The molecule has 1 saturated heterocycles. The van der Waals surface area contributed by atoms with Crippen molar-refractivity contribution in [3.8, 4) is 5.69 Å². The summed E-state index contributed by atoms with van der Waals surface area (Å²) in [7, 11) is 0. The number of fused-ring (bicyclic) bond motifs is 1. The van der Waals surface area contributed by atoms with E-state index in [1.165, 1.54) is 11.8 Å². The quantitative estimate of drug-likeness (QED) is 0.290. The normalized spacial score (nSPS) is 15.4. The number of hydrogen-bond donors (Lipinski definition) is 0. The molecule has 30 heavy (non-hydrogen) atoms. The van der Waals surface area contributed by atoms with Crippen molar-refractivity contribution in [1.29, 1.82) is 0 Å². The maximum Gasteiger partial charge on any atom is 0.266 e. The van der Waals surface area contributed by atoms with E-state index in [0.717, 1.165) is 14.8 Å². The van der Waals surface area contributed by atoms with Crippen LogP contribution in [-0.4, -0.2) is 51.9 Å². The standard InChI is InChI=1S/C22H22IN3O3S/c1-14-4-3-5-17(12-14)26-21(28)18-13-16(23)6-7-19(18)24-22(26)30-15(2)20(27)25-8-10-29-11-9-25/h3-7,12-13,15H,8-11H2,1-2H3/t15-/m0/s1. The number of nitrogens with zero attached hydrogens (tertiary/aromatic N) is 3. The van der Waals surface area contributed by atoms with Gasteiger partial charge in [0.25, 0.3) is 5.56 Å². The molecule has 156 valence electrons. The summed E-state index contributed by atoms with van der Waals surface area (Å²) in [6.45, 7) is 6.17. The summed E-state index contributed by atoms with van der Waals surface area (Å²) in [5.74, 6) is 0.0380. The highest BCUT2D eigenvalue weighted by atomic mass is 127. The van der Waals surface area contributed by atoms with E-state index in [1.807, 2.05) is 61.2 Å². The summed E-state index contributed by atoms with van der Waals surface area (Å²) in [6.07, 6.45) is 0.